The molecule has 0 amide bonds. The lowest BCUT2D eigenvalue weighted by molar-refractivity contribution is 0.344. The molecule has 0 N–H and O–H groups in total. The van der Waals surface area contributed by atoms with Gasteiger partial charge in [-0.3, -0.25) is 4.79 Å². The Morgan fingerprint density at radius 3 is 2.76 bits per heavy atom. The van der Waals surface area contributed by atoms with Gasteiger partial charge in [-0.05, 0) is 37.1 Å². The first kappa shape index (κ1) is 14.5. The summed E-state index contributed by atoms with van der Waals surface area (Å²) in [6, 6.07) is 9.31. The molecule has 1 heterocycles. The molecule has 110 valence electrons. The molecule has 0 radical (unpaired) electrons. The van der Waals surface area contributed by atoms with Crippen LogP contribution >= 0.6 is 23.4 Å². The van der Waals surface area contributed by atoms with Gasteiger partial charge in [0.2, 0.25) is 0 Å². The van der Waals surface area contributed by atoms with Crippen LogP contribution in [0.4, 0.5) is 0 Å². The monoisotopic (exact) mass is 322 g/mol. The third-order valence-electron chi connectivity index (χ3n) is 3.14. The second kappa shape index (κ2) is 6.54. The molecule has 6 heteroatoms. The molecular formula is C15H15ClN2O2S. The third kappa shape index (κ3) is 4.02. The Kier molecular flexibility index (Phi) is 4.51. The molecule has 1 aromatic carbocycles. The lowest BCUT2D eigenvalue weighted by Gasteiger charge is -2.10. The highest BCUT2D eigenvalue weighted by Crippen LogP contribution is 2.36. The Labute approximate surface area is 132 Å². The lowest BCUT2D eigenvalue weighted by Crippen LogP contribution is -2.13. The maximum atomic E-state index is 11.4. The molecule has 0 bridgehead atoms. The average Bonchev–Trinajstić information content (AvgIpc) is 3.30. The molecule has 0 spiro atoms. The minimum Gasteiger partial charge on any atom is -0.493 e. The lowest BCUT2D eigenvalue weighted by atomic mass is 10.3. The molecule has 1 aliphatic carbocycles. The largest absolute Gasteiger partial charge is 0.493 e. The molecule has 2 aromatic rings. The summed E-state index contributed by atoms with van der Waals surface area (Å²) < 4.78 is 7.73. The van der Waals surface area contributed by atoms with Crippen molar-refractivity contribution in [3.63, 3.8) is 0 Å². The molecule has 1 aliphatic rings. The van der Waals surface area contributed by atoms with Crippen LogP contribution in [0.25, 0.3) is 0 Å². The number of hydrogen-bond donors (Lipinski definition) is 0. The van der Waals surface area contributed by atoms with E-state index in [2.05, 4.69) is 9.55 Å². The van der Waals surface area contributed by atoms with Gasteiger partial charge in [-0.1, -0.05) is 23.4 Å². The number of ether oxygens (including phenoxy) is 1. The van der Waals surface area contributed by atoms with E-state index >= 15 is 0 Å². The Morgan fingerprint density at radius 1 is 1.29 bits per heavy atom. The fraction of sp³-hybridized carbons (Fsp3) is 0.333. The van der Waals surface area contributed by atoms with Crippen molar-refractivity contribution in [3.8, 4) is 5.75 Å². The van der Waals surface area contributed by atoms with Gasteiger partial charge in [0.1, 0.15) is 5.75 Å². The first-order chi connectivity index (χ1) is 10.2. The molecule has 0 saturated heterocycles. The van der Waals surface area contributed by atoms with E-state index in [9.17, 15) is 4.79 Å². The van der Waals surface area contributed by atoms with Crippen molar-refractivity contribution in [1.29, 1.82) is 0 Å². The van der Waals surface area contributed by atoms with Crippen molar-refractivity contribution in [2.24, 2.45) is 0 Å². The number of benzene rings is 1. The van der Waals surface area contributed by atoms with Crippen LogP contribution in [0.15, 0.2) is 46.5 Å². The SMILES string of the molecule is O=c1ccn(C2CC2)c(SCCOc2ccc(Cl)cc2)n1. The van der Waals surface area contributed by atoms with E-state index in [-0.39, 0.29) is 5.56 Å². The van der Waals surface area contributed by atoms with Gasteiger partial charge in [0.05, 0.1) is 6.61 Å². The smallest absolute Gasteiger partial charge is 0.273 e. The van der Waals surface area contributed by atoms with E-state index in [1.807, 2.05) is 18.3 Å². The molecule has 21 heavy (non-hydrogen) atoms. The summed E-state index contributed by atoms with van der Waals surface area (Å²) >= 11 is 7.37. The first-order valence-electron chi connectivity index (χ1n) is 6.83. The van der Waals surface area contributed by atoms with Crippen LogP contribution in [-0.2, 0) is 0 Å². The van der Waals surface area contributed by atoms with Crippen molar-refractivity contribution in [1.82, 2.24) is 9.55 Å². The van der Waals surface area contributed by atoms with Crippen molar-refractivity contribution in [3.05, 3.63) is 51.9 Å². The van der Waals surface area contributed by atoms with Gasteiger partial charge in [-0.2, -0.15) is 4.98 Å². The van der Waals surface area contributed by atoms with Crippen LogP contribution < -0.4 is 10.3 Å². The quantitative estimate of drug-likeness (QED) is 0.464. The second-order valence-electron chi connectivity index (χ2n) is 4.84. The Morgan fingerprint density at radius 2 is 2.05 bits per heavy atom. The zero-order chi connectivity index (χ0) is 14.7. The van der Waals surface area contributed by atoms with Crippen molar-refractivity contribution < 1.29 is 4.74 Å². The molecule has 0 unspecified atom stereocenters. The zero-order valence-corrected chi connectivity index (χ0v) is 12.9. The Bertz CT molecular complexity index is 668. The standard InChI is InChI=1S/C15H15ClN2O2S/c16-11-1-5-13(6-2-11)20-9-10-21-15-17-14(19)7-8-18(15)12-3-4-12/h1-2,5-8,12H,3-4,9-10H2. The molecule has 4 nitrogen and oxygen atoms in total. The molecule has 1 fully saturated rings. The minimum atomic E-state index is -0.187. The summed E-state index contributed by atoms with van der Waals surface area (Å²) in [5, 5.41) is 1.48. The number of hydrogen-bond acceptors (Lipinski definition) is 4. The van der Waals surface area contributed by atoms with Crippen LogP contribution in [0.1, 0.15) is 18.9 Å². The highest BCUT2D eigenvalue weighted by molar-refractivity contribution is 7.99. The van der Waals surface area contributed by atoms with Gasteiger partial charge in [0.25, 0.3) is 5.56 Å². The number of aromatic nitrogens is 2. The van der Waals surface area contributed by atoms with E-state index in [0.717, 1.165) is 16.7 Å². The summed E-state index contributed by atoms with van der Waals surface area (Å²) in [5.74, 6) is 1.53. The summed E-state index contributed by atoms with van der Waals surface area (Å²) in [7, 11) is 0. The van der Waals surface area contributed by atoms with E-state index in [1.54, 1.807) is 23.9 Å². The molecule has 0 atom stereocenters. The molecule has 1 saturated carbocycles. The van der Waals surface area contributed by atoms with Gasteiger partial charge in [0.15, 0.2) is 5.16 Å². The fourth-order valence-corrected chi connectivity index (χ4v) is 2.95. The van der Waals surface area contributed by atoms with E-state index in [0.29, 0.717) is 17.7 Å². The molecule has 3 rings (SSSR count). The highest BCUT2D eigenvalue weighted by atomic mass is 35.5. The second-order valence-corrected chi connectivity index (χ2v) is 6.34. The predicted molar refractivity (Wildman–Crippen MR) is 84.4 cm³/mol. The van der Waals surface area contributed by atoms with Crippen LogP contribution in [0, 0.1) is 0 Å². The summed E-state index contributed by atoms with van der Waals surface area (Å²) in [5.41, 5.74) is -0.187. The molecular weight excluding hydrogens is 308 g/mol. The third-order valence-corrected chi connectivity index (χ3v) is 4.32. The first-order valence-corrected chi connectivity index (χ1v) is 8.19. The molecule has 1 aromatic heterocycles. The number of halogens is 1. The number of rotatable bonds is 6. The molecule has 0 aliphatic heterocycles. The van der Waals surface area contributed by atoms with Crippen LogP contribution in [-0.4, -0.2) is 21.9 Å². The van der Waals surface area contributed by atoms with E-state index < -0.39 is 0 Å². The van der Waals surface area contributed by atoms with Crippen molar-refractivity contribution in [2.75, 3.05) is 12.4 Å². The zero-order valence-electron chi connectivity index (χ0n) is 11.4. The summed E-state index contributed by atoms with van der Waals surface area (Å²) in [4.78, 5) is 15.5. The van der Waals surface area contributed by atoms with Crippen LogP contribution in [0.3, 0.4) is 0 Å². The van der Waals surface area contributed by atoms with Gasteiger partial charge in [0, 0.05) is 29.1 Å². The predicted octanol–water partition coefficient (Wildman–Crippen LogP) is 3.40. The van der Waals surface area contributed by atoms with Gasteiger partial charge in [-0.15, -0.1) is 0 Å². The highest BCUT2D eigenvalue weighted by Gasteiger charge is 2.25. The van der Waals surface area contributed by atoms with Gasteiger partial charge >= 0.3 is 0 Å². The summed E-state index contributed by atoms with van der Waals surface area (Å²) in [6.07, 6.45) is 4.17. The van der Waals surface area contributed by atoms with Crippen LogP contribution in [0.5, 0.6) is 5.75 Å². The maximum Gasteiger partial charge on any atom is 0.273 e. The van der Waals surface area contributed by atoms with E-state index in [4.69, 9.17) is 16.3 Å². The fourth-order valence-electron chi connectivity index (χ4n) is 1.96. The van der Waals surface area contributed by atoms with Crippen LogP contribution in [0.2, 0.25) is 5.02 Å². The van der Waals surface area contributed by atoms with E-state index in [1.165, 1.54) is 18.9 Å². The van der Waals surface area contributed by atoms with Gasteiger partial charge < -0.3 is 9.30 Å². The topological polar surface area (TPSA) is 44.1 Å². The van der Waals surface area contributed by atoms with Crippen molar-refractivity contribution >= 4 is 23.4 Å². The van der Waals surface area contributed by atoms with Gasteiger partial charge in [-0.25, -0.2) is 0 Å². The maximum absolute atomic E-state index is 11.4. The normalized spacial score (nSPS) is 14.1. The minimum absolute atomic E-state index is 0.187. The number of nitrogens with zero attached hydrogens (tertiary/aromatic N) is 2. The number of thioether (sulfide) groups is 1. The van der Waals surface area contributed by atoms with Crippen molar-refractivity contribution in [2.45, 2.75) is 24.0 Å². The average molecular weight is 323 g/mol. The summed E-state index contributed by atoms with van der Waals surface area (Å²) in [6.45, 7) is 0.557. The Balaban J connectivity index is 1.54. The Hall–Kier alpha value is -1.46.